The molecule has 0 fully saturated rings. The van der Waals surface area contributed by atoms with Gasteiger partial charge in [0.1, 0.15) is 17.7 Å². The first-order chi connectivity index (χ1) is 13.8. The van der Waals surface area contributed by atoms with Crippen molar-refractivity contribution in [2.24, 2.45) is 5.92 Å². The lowest BCUT2D eigenvalue weighted by molar-refractivity contribution is -0.145. The second-order valence-electron chi connectivity index (χ2n) is 8.41. The van der Waals surface area contributed by atoms with Crippen molar-refractivity contribution in [2.45, 2.75) is 65.6 Å². The lowest BCUT2D eigenvalue weighted by atomic mass is 10.0. The molecule has 8 nitrogen and oxygen atoms in total. The molecule has 0 heterocycles. The molecule has 30 heavy (non-hydrogen) atoms. The lowest BCUT2D eigenvalue weighted by Gasteiger charge is -2.24. The van der Waals surface area contributed by atoms with Crippen molar-refractivity contribution in [3.8, 4) is 0 Å². The van der Waals surface area contributed by atoms with Gasteiger partial charge in [0.2, 0.25) is 11.8 Å². The molecular weight excluding hydrogens is 388 g/mol. The van der Waals surface area contributed by atoms with Gasteiger partial charge in [-0.3, -0.25) is 9.59 Å². The predicted molar refractivity (Wildman–Crippen MR) is 112 cm³/mol. The number of benzene rings is 1. The number of hydrogen-bond acceptors (Lipinski definition) is 6. The zero-order chi connectivity index (χ0) is 23.1. The number of rotatable bonds is 8. The Labute approximate surface area is 177 Å². The second kappa shape index (κ2) is 10.8. The normalized spacial score (nSPS) is 13.2. The number of hydrogen-bond donors (Lipinski definition) is 2. The van der Waals surface area contributed by atoms with Crippen LogP contribution in [0.3, 0.4) is 0 Å². The largest absolute Gasteiger partial charge is 0.467 e. The van der Waals surface area contributed by atoms with Gasteiger partial charge in [0.05, 0.1) is 12.7 Å². The van der Waals surface area contributed by atoms with Crippen molar-refractivity contribution in [3.05, 3.63) is 35.4 Å². The molecule has 0 aliphatic carbocycles. The van der Waals surface area contributed by atoms with Crippen LogP contribution in [-0.4, -0.2) is 48.5 Å². The summed E-state index contributed by atoms with van der Waals surface area (Å²) in [5, 5.41) is 5.24. The molecule has 1 aromatic rings. The summed E-state index contributed by atoms with van der Waals surface area (Å²) >= 11 is 0. The molecule has 0 spiro atoms. The molecule has 2 N–H and O–H groups in total. The van der Waals surface area contributed by atoms with E-state index in [1.807, 2.05) is 0 Å². The zero-order valence-corrected chi connectivity index (χ0v) is 18.7. The number of ether oxygens (including phenoxy) is 2. The average molecular weight is 421 g/mol. The van der Waals surface area contributed by atoms with E-state index in [1.54, 1.807) is 58.9 Å². The Kier molecular flexibility index (Phi) is 9.01. The van der Waals surface area contributed by atoms with E-state index in [4.69, 9.17) is 9.47 Å². The standard InChI is InChI=1S/C22H32N2O6/c1-13(2)18(23-14(3)25)19(26)24-17(21(28)29-7)12-15-8-10-16(11-9-15)20(27)30-22(4,5)6/h8-11,13,17-18H,12H2,1-7H3,(H,23,25)(H,24,26)/t17-,18+/m0/s1. The van der Waals surface area contributed by atoms with Crippen LogP contribution in [0.15, 0.2) is 24.3 Å². The number of esters is 2. The molecule has 0 aliphatic heterocycles. The number of amides is 2. The van der Waals surface area contributed by atoms with Gasteiger partial charge < -0.3 is 20.1 Å². The molecule has 2 amide bonds. The van der Waals surface area contributed by atoms with Crippen molar-refractivity contribution >= 4 is 23.8 Å². The Hall–Kier alpha value is -2.90. The zero-order valence-electron chi connectivity index (χ0n) is 18.7. The van der Waals surface area contributed by atoms with Crippen LogP contribution in [0.2, 0.25) is 0 Å². The summed E-state index contributed by atoms with van der Waals surface area (Å²) < 4.78 is 10.1. The quantitative estimate of drug-likeness (QED) is 0.623. The van der Waals surface area contributed by atoms with E-state index in [2.05, 4.69) is 10.6 Å². The van der Waals surface area contributed by atoms with Gasteiger partial charge in [-0.15, -0.1) is 0 Å². The van der Waals surface area contributed by atoms with Gasteiger partial charge in [-0.2, -0.15) is 0 Å². The smallest absolute Gasteiger partial charge is 0.338 e. The molecule has 1 aromatic carbocycles. The fraction of sp³-hybridized carbons (Fsp3) is 0.545. The first-order valence-corrected chi connectivity index (χ1v) is 9.81. The first-order valence-electron chi connectivity index (χ1n) is 9.81. The third-order valence-electron chi connectivity index (χ3n) is 4.14. The van der Waals surface area contributed by atoms with Crippen molar-refractivity contribution in [1.82, 2.24) is 10.6 Å². The Bertz CT molecular complexity index is 765. The Balaban J connectivity index is 2.93. The fourth-order valence-electron chi connectivity index (χ4n) is 2.70. The highest BCUT2D eigenvalue weighted by Crippen LogP contribution is 2.14. The summed E-state index contributed by atoms with van der Waals surface area (Å²) in [7, 11) is 1.24. The van der Waals surface area contributed by atoms with Crippen molar-refractivity contribution in [2.75, 3.05) is 7.11 Å². The van der Waals surface area contributed by atoms with Crippen LogP contribution in [-0.2, 0) is 30.3 Å². The molecule has 2 atom stereocenters. The second-order valence-corrected chi connectivity index (χ2v) is 8.41. The molecule has 0 bridgehead atoms. The molecule has 0 aliphatic rings. The minimum atomic E-state index is -0.940. The summed E-state index contributed by atoms with van der Waals surface area (Å²) in [6.45, 7) is 10.3. The van der Waals surface area contributed by atoms with Gasteiger partial charge >= 0.3 is 11.9 Å². The first kappa shape index (κ1) is 25.1. The predicted octanol–water partition coefficient (Wildman–Crippen LogP) is 2.00. The summed E-state index contributed by atoms with van der Waals surface area (Å²) in [5.74, 6) is -2.02. The molecule has 0 saturated heterocycles. The van der Waals surface area contributed by atoms with Crippen LogP contribution in [0.1, 0.15) is 57.5 Å². The third-order valence-corrected chi connectivity index (χ3v) is 4.14. The number of carbonyl (C=O) groups excluding carboxylic acids is 4. The van der Waals surface area contributed by atoms with Gasteiger partial charge in [-0.25, -0.2) is 9.59 Å². The van der Waals surface area contributed by atoms with E-state index in [1.165, 1.54) is 14.0 Å². The highest BCUT2D eigenvalue weighted by molar-refractivity contribution is 5.91. The van der Waals surface area contributed by atoms with Crippen LogP contribution in [0, 0.1) is 5.92 Å². The van der Waals surface area contributed by atoms with E-state index in [0.717, 1.165) is 5.56 Å². The Morgan fingerprint density at radius 1 is 1.00 bits per heavy atom. The van der Waals surface area contributed by atoms with Crippen molar-refractivity contribution < 1.29 is 28.7 Å². The fourth-order valence-corrected chi connectivity index (χ4v) is 2.70. The van der Waals surface area contributed by atoms with E-state index >= 15 is 0 Å². The molecule has 0 radical (unpaired) electrons. The molecular formula is C22H32N2O6. The lowest BCUT2D eigenvalue weighted by Crippen LogP contribution is -2.54. The van der Waals surface area contributed by atoms with Gasteiger partial charge in [0.15, 0.2) is 0 Å². The topological polar surface area (TPSA) is 111 Å². The molecule has 1 rings (SSSR count). The summed E-state index contributed by atoms with van der Waals surface area (Å²) in [6, 6.07) is 4.88. The number of carbonyl (C=O) groups is 4. The average Bonchev–Trinajstić information content (AvgIpc) is 2.63. The van der Waals surface area contributed by atoms with Gasteiger partial charge in [-0.1, -0.05) is 26.0 Å². The highest BCUT2D eigenvalue weighted by atomic mass is 16.6. The molecule has 0 unspecified atom stereocenters. The maximum absolute atomic E-state index is 12.6. The highest BCUT2D eigenvalue weighted by Gasteiger charge is 2.29. The maximum atomic E-state index is 12.6. The van der Waals surface area contributed by atoms with Crippen LogP contribution in [0.4, 0.5) is 0 Å². The summed E-state index contributed by atoms with van der Waals surface area (Å²) in [6.07, 6.45) is 0.165. The minimum absolute atomic E-state index is 0.165. The van der Waals surface area contributed by atoms with Crippen molar-refractivity contribution in [3.63, 3.8) is 0 Å². The molecule has 166 valence electrons. The van der Waals surface area contributed by atoms with E-state index in [-0.39, 0.29) is 18.2 Å². The van der Waals surface area contributed by atoms with E-state index in [9.17, 15) is 19.2 Å². The van der Waals surface area contributed by atoms with Gasteiger partial charge in [0, 0.05) is 13.3 Å². The SMILES string of the molecule is COC(=O)[C@H](Cc1ccc(C(=O)OC(C)(C)C)cc1)NC(=O)[C@H](NC(C)=O)C(C)C. The van der Waals surface area contributed by atoms with E-state index < -0.39 is 35.5 Å². The van der Waals surface area contributed by atoms with Crippen LogP contribution >= 0.6 is 0 Å². The monoisotopic (exact) mass is 420 g/mol. The van der Waals surface area contributed by atoms with E-state index in [0.29, 0.717) is 5.56 Å². The summed E-state index contributed by atoms with van der Waals surface area (Å²) in [4.78, 5) is 48.3. The minimum Gasteiger partial charge on any atom is -0.467 e. The van der Waals surface area contributed by atoms with Crippen LogP contribution in [0.25, 0.3) is 0 Å². The molecule has 0 saturated carbocycles. The van der Waals surface area contributed by atoms with Gasteiger partial charge in [-0.05, 0) is 44.4 Å². The summed E-state index contributed by atoms with van der Waals surface area (Å²) in [5.41, 5.74) is 0.508. The van der Waals surface area contributed by atoms with Crippen molar-refractivity contribution in [1.29, 1.82) is 0 Å². The number of nitrogens with one attached hydrogen (secondary N) is 2. The maximum Gasteiger partial charge on any atom is 0.338 e. The molecule has 0 aromatic heterocycles. The Morgan fingerprint density at radius 3 is 2.00 bits per heavy atom. The molecule has 8 heteroatoms. The number of methoxy groups -OCH3 is 1. The third kappa shape index (κ3) is 8.23. The Morgan fingerprint density at radius 2 is 1.57 bits per heavy atom. The van der Waals surface area contributed by atoms with Crippen LogP contribution in [0.5, 0.6) is 0 Å². The van der Waals surface area contributed by atoms with Gasteiger partial charge in [0.25, 0.3) is 0 Å². The van der Waals surface area contributed by atoms with Crippen LogP contribution < -0.4 is 10.6 Å².